The number of alkyl halides is 1. The van der Waals surface area contributed by atoms with E-state index in [0.717, 1.165) is 42.5 Å². The molecule has 1 aromatic rings. The number of rotatable bonds is 3. The zero-order valence-corrected chi connectivity index (χ0v) is 12.8. The number of hydrogen-bond acceptors (Lipinski definition) is 2. The molecule has 0 N–H and O–H groups in total. The highest BCUT2D eigenvalue weighted by Crippen LogP contribution is 2.24. The van der Waals surface area contributed by atoms with Crippen molar-refractivity contribution in [1.29, 1.82) is 0 Å². The van der Waals surface area contributed by atoms with Crippen LogP contribution in [0.5, 0.6) is 0 Å². The summed E-state index contributed by atoms with van der Waals surface area (Å²) in [4.78, 5) is 3.07. The minimum Gasteiger partial charge on any atom is -0.296 e. The summed E-state index contributed by atoms with van der Waals surface area (Å²) in [6.07, 6.45) is 3.43. The monoisotopic (exact) mass is 319 g/mol. The van der Waals surface area contributed by atoms with E-state index in [0.29, 0.717) is 4.83 Å². The van der Waals surface area contributed by atoms with E-state index in [2.05, 4.69) is 32.9 Å². The lowest BCUT2D eigenvalue weighted by Crippen LogP contribution is -2.35. The maximum Gasteiger partial charge on any atom is 0.0863 e. The van der Waals surface area contributed by atoms with Gasteiger partial charge in [0.2, 0.25) is 0 Å². The summed E-state index contributed by atoms with van der Waals surface area (Å²) in [5, 5.41) is 5.31. The highest BCUT2D eigenvalue weighted by Gasteiger charge is 2.21. The molecular weight excluding hydrogens is 302 g/mol. The molecule has 0 saturated carbocycles. The van der Waals surface area contributed by atoms with Gasteiger partial charge in [-0.2, -0.15) is 5.10 Å². The summed E-state index contributed by atoms with van der Waals surface area (Å²) in [5.41, 5.74) is 2.15. The molecule has 2 heterocycles. The van der Waals surface area contributed by atoms with E-state index in [4.69, 9.17) is 11.6 Å². The second kappa shape index (κ2) is 5.72. The van der Waals surface area contributed by atoms with Gasteiger partial charge in [0.05, 0.1) is 16.4 Å². The SMILES string of the molecule is CCc1nn(C)c(CN2CCCC(Br)C2)c1Cl. The lowest BCUT2D eigenvalue weighted by Gasteiger charge is -2.29. The molecule has 2 rings (SSSR count). The molecule has 0 bridgehead atoms. The molecule has 1 atom stereocenters. The quantitative estimate of drug-likeness (QED) is 0.798. The van der Waals surface area contributed by atoms with Crippen molar-refractivity contribution >= 4 is 27.5 Å². The van der Waals surface area contributed by atoms with Gasteiger partial charge in [0.25, 0.3) is 0 Å². The summed E-state index contributed by atoms with van der Waals surface area (Å²) < 4.78 is 1.93. The van der Waals surface area contributed by atoms with Crippen molar-refractivity contribution in [3.05, 3.63) is 16.4 Å². The Balaban J connectivity index is 2.10. The fraction of sp³-hybridized carbons (Fsp3) is 0.750. The van der Waals surface area contributed by atoms with Crippen molar-refractivity contribution in [2.45, 2.75) is 37.6 Å². The number of hydrogen-bond donors (Lipinski definition) is 0. The zero-order chi connectivity index (χ0) is 12.4. The van der Waals surface area contributed by atoms with Gasteiger partial charge in [-0.1, -0.05) is 34.5 Å². The third-order valence-electron chi connectivity index (χ3n) is 3.32. The van der Waals surface area contributed by atoms with Crippen LogP contribution >= 0.6 is 27.5 Å². The Morgan fingerprint density at radius 1 is 1.53 bits per heavy atom. The van der Waals surface area contributed by atoms with Gasteiger partial charge in [0.1, 0.15) is 0 Å². The second-order valence-electron chi connectivity index (χ2n) is 4.66. The Kier molecular flexibility index (Phi) is 4.50. The minimum absolute atomic E-state index is 0.619. The van der Waals surface area contributed by atoms with Gasteiger partial charge in [-0.25, -0.2) is 0 Å². The highest BCUT2D eigenvalue weighted by molar-refractivity contribution is 9.09. The van der Waals surface area contributed by atoms with Crippen LogP contribution in [-0.2, 0) is 20.0 Å². The minimum atomic E-state index is 0.619. The summed E-state index contributed by atoms with van der Waals surface area (Å²) >= 11 is 10.1. The molecule has 1 aliphatic heterocycles. The van der Waals surface area contributed by atoms with E-state index in [-0.39, 0.29) is 0 Å². The molecule has 0 spiro atoms. The Labute approximate surface area is 116 Å². The van der Waals surface area contributed by atoms with Crippen molar-refractivity contribution < 1.29 is 0 Å². The molecule has 1 aromatic heterocycles. The van der Waals surface area contributed by atoms with Crippen LogP contribution in [0.4, 0.5) is 0 Å². The van der Waals surface area contributed by atoms with E-state index >= 15 is 0 Å². The molecule has 3 nitrogen and oxygen atoms in total. The van der Waals surface area contributed by atoms with Gasteiger partial charge < -0.3 is 0 Å². The summed E-state index contributed by atoms with van der Waals surface area (Å²) in [6, 6.07) is 0. The summed E-state index contributed by atoms with van der Waals surface area (Å²) in [5.74, 6) is 0. The molecule has 0 amide bonds. The first-order valence-corrected chi connectivity index (χ1v) is 7.47. The number of nitrogens with zero attached hydrogens (tertiary/aromatic N) is 3. The Hall–Kier alpha value is -0.0600. The van der Waals surface area contributed by atoms with Gasteiger partial charge in [-0.3, -0.25) is 9.58 Å². The average molecular weight is 321 g/mol. The predicted molar refractivity (Wildman–Crippen MR) is 74.8 cm³/mol. The van der Waals surface area contributed by atoms with Crippen LogP contribution in [0.1, 0.15) is 31.2 Å². The van der Waals surface area contributed by atoms with Crippen molar-refractivity contribution in [2.24, 2.45) is 7.05 Å². The van der Waals surface area contributed by atoms with E-state index in [1.807, 2.05) is 11.7 Å². The third kappa shape index (κ3) is 3.04. The summed E-state index contributed by atoms with van der Waals surface area (Å²) in [6.45, 7) is 5.26. The lowest BCUT2D eigenvalue weighted by molar-refractivity contribution is 0.222. The topological polar surface area (TPSA) is 21.1 Å². The smallest absolute Gasteiger partial charge is 0.0863 e. The number of aryl methyl sites for hydroxylation is 2. The van der Waals surface area contributed by atoms with Crippen molar-refractivity contribution in [1.82, 2.24) is 14.7 Å². The fourth-order valence-electron chi connectivity index (χ4n) is 2.35. The van der Waals surface area contributed by atoms with Crippen molar-refractivity contribution in [3.63, 3.8) is 0 Å². The first-order valence-electron chi connectivity index (χ1n) is 6.18. The van der Waals surface area contributed by atoms with Crippen LogP contribution in [-0.4, -0.2) is 32.6 Å². The third-order valence-corrected chi connectivity index (χ3v) is 4.51. The number of piperidine rings is 1. The molecule has 5 heteroatoms. The van der Waals surface area contributed by atoms with E-state index in [9.17, 15) is 0 Å². The molecule has 0 aliphatic carbocycles. The first-order chi connectivity index (χ1) is 8.11. The molecule has 96 valence electrons. The average Bonchev–Trinajstić information content (AvgIpc) is 2.56. The van der Waals surface area contributed by atoms with E-state index < -0.39 is 0 Å². The molecule has 0 aromatic carbocycles. The number of halogens is 2. The largest absolute Gasteiger partial charge is 0.296 e. The van der Waals surface area contributed by atoms with Crippen molar-refractivity contribution in [2.75, 3.05) is 13.1 Å². The van der Waals surface area contributed by atoms with E-state index in [1.165, 1.54) is 12.8 Å². The normalized spacial score (nSPS) is 22.0. The highest BCUT2D eigenvalue weighted by atomic mass is 79.9. The van der Waals surface area contributed by atoms with Crippen molar-refractivity contribution in [3.8, 4) is 0 Å². The Morgan fingerprint density at radius 2 is 2.29 bits per heavy atom. The van der Waals surface area contributed by atoms with Gasteiger partial charge in [-0.05, 0) is 25.8 Å². The molecule has 1 saturated heterocycles. The van der Waals surface area contributed by atoms with Gasteiger partial charge >= 0.3 is 0 Å². The Morgan fingerprint density at radius 3 is 2.88 bits per heavy atom. The van der Waals surface area contributed by atoms with E-state index in [1.54, 1.807) is 0 Å². The van der Waals surface area contributed by atoms with Gasteiger partial charge in [-0.15, -0.1) is 0 Å². The fourth-order valence-corrected chi connectivity index (χ4v) is 3.43. The standard InChI is InChI=1S/C12H19BrClN3/c1-3-10-12(14)11(16(2)15-10)8-17-6-4-5-9(13)7-17/h9H,3-8H2,1-2H3. The molecule has 17 heavy (non-hydrogen) atoms. The lowest BCUT2D eigenvalue weighted by atomic mass is 10.1. The van der Waals surface area contributed by atoms with Gasteiger partial charge in [0, 0.05) is 25.0 Å². The summed E-state index contributed by atoms with van der Waals surface area (Å²) in [7, 11) is 1.98. The predicted octanol–water partition coefficient (Wildman–Crippen LogP) is 3.00. The maximum absolute atomic E-state index is 6.36. The number of aromatic nitrogens is 2. The van der Waals surface area contributed by atoms with Crippen LogP contribution in [0.15, 0.2) is 0 Å². The zero-order valence-electron chi connectivity index (χ0n) is 10.4. The molecule has 1 fully saturated rings. The molecule has 1 unspecified atom stereocenters. The number of likely N-dealkylation sites (tertiary alicyclic amines) is 1. The van der Waals surface area contributed by atoms with Crippen LogP contribution in [0.25, 0.3) is 0 Å². The Bertz CT molecular complexity index is 391. The van der Waals surface area contributed by atoms with Gasteiger partial charge in [0.15, 0.2) is 0 Å². The molecule has 0 radical (unpaired) electrons. The molecular formula is C12H19BrClN3. The molecule has 1 aliphatic rings. The maximum atomic E-state index is 6.36. The van der Waals surface area contributed by atoms with Crippen LogP contribution in [0, 0.1) is 0 Å². The van der Waals surface area contributed by atoms with Crippen LogP contribution in [0.2, 0.25) is 5.02 Å². The second-order valence-corrected chi connectivity index (χ2v) is 6.33. The van der Waals surface area contributed by atoms with Crippen LogP contribution in [0.3, 0.4) is 0 Å². The first kappa shape index (κ1) is 13.4. The van der Waals surface area contributed by atoms with Crippen LogP contribution < -0.4 is 0 Å².